The van der Waals surface area contributed by atoms with Crippen LogP contribution in [-0.4, -0.2) is 10.1 Å². The van der Waals surface area contributed by atoms with Crippen LogP contribution in [-0.2, 0) is 5.33 Å². The molecule has 0 unspecified atom stereocenters. The number of alkyl halides is 1. The first kappa shape index (κ1) is 9.32. The molecule has 0 fully saturated rings. The minimum absolute atomic E-state index is 0.185. The molecule has 1 aromatic rings. The van der Waals surface area contributed by atoms with E-state index < -0.39 is 0 Å². The van der Waals surface area contributed by atoms with Crippen molar-refractivity contribution in [2.24, 2.45) is 0 Å². The van der Waals surface area contributed by atoms with Crippen molar-refractivity contribution in [2.75, 3.05) is 0 Å². The van der Waals surface area contributed by atoms with Crippen molar-refractivity contribution in [1.82, 2.24) is 4.98 Å². The normalized spacial score (nSPS) is 10.2. The SMILES string of the molecule is Cc1[nH]c(C)c(CBr)c(=O)c1O. The number of aryl methyl sites for hydroxylation is 2. The van der Waals surface area contributed by atoms with E-state index in [1.807, 2.05) is 6.92 Å². The van der Waals surface area contributed by atoms with Crippen LogP contribution in [0.25, 0.3) is 0 Å². The van der Waals surface area contributed by atoms with Crippen LogP contribution in [0.2, 0.25) is 0 Å². The fourth-order valence-electron chi connectivity index (χ4n) is 1.06. The average Bonchev–Trinajstić information content (AvgIpc) is 2.01. The van der Waals surface area contributed by atoms with E-state index in [4.69, 9.17) is 0 Å². The second kappa shape index (κ2) is 3.31. The van der Waals surface area contributed by atoms with Gasteiger partial charge in [0.05, 0.1) is 5.69 Å². The number of halogens is 1. The van der Waals surface area contributed by atoms with Gasteiger partial charge >= 0.3 is 0 Å². The van der Waals surface area contributed by atoms with Gasteiger partial charge in [0.1, 0.15) is 0 Å². The highest BCUT2D eigenvalue weighted by Gasteiger charge is 2.09. The molecule has 12 heavy (non-hydrogen) atoms. The minimum atomic E-state index is -0.291. The van der Waals surface area contributed by atoms with Gasteiger partial charge in [0, 0.05) is 16.6 Å². The van der Waals surface area contributed by atoms with E-state index in [0.29, 0.717) is 16.6 Å². The predicted molar refractivity (Wildman–Crippen MR) is 50.8 cm³/mol. The fraction of sp³-hybridized carbons (Fsp3) is 0.375. The first-order chi connectivity index (χ1) is 5.57. The van der Waals surface area contributed by atoms with E-state index in [-0.39, 0.29) is 11.2 Å². The molecular weight excluding hydrogens is 222 g/mol. The van der Waals surface area contributed by atoms with E-state index in [1.54, 1.807) is 6.92 Å². The number of hydrogen-bond acceptors (Lipinski definition) is 2. The van der Waals surface area contributed by atoms with Crippen LogP contribution in [0, 0.1) is 13.8 Å². The molecule has 1 rings (SSSR count). The molecule has 0 spiro atoms. The highest BCUT2D eigenvalue weighted by Crippen LogP contribution is 2.12. The number of aromatic nitrogens is 1. The van der Waals surface area contributed by atoms with Crippen LogP contribution in [0.1, 0.15) is 17.0 Å². The van der Waals surface area contributed by atoms with Crippen LogP contribution in [0.5, 0.6) is 5.75 Å². The van der Waals surface area contributed by atoms with Gasteiger partial charge in [0.25, 0.3) is 0 Å². The number of aromatic amines is 1. The van der Waals surface area contributed by atoms with Gasteiger partial charge in [-0.2, -0.15) is 0 Å². The van der Waals surface area contributed by atoms with Gasteiger partial charge in [-0.1, -0.05) is 15.9 Å². The minimum Gasteiger partial charge on any atom is -0.503 e. The molecule has 0 aliphatic rings. The maximum absolute atomic E-state index is 11.3. The van der Waals surface area contributed by atoms with Crippen LogP contribution < -0.4 is 5.43 Å². The average molecular weight is 232 g/mol. The molecule has 0 atom stereocenters. The number of aromatic hydroxyl groups is 1. The second-order valence-electron chi connectivity index (χ2n) is 2.66. The van der Waals surface area contributed by atoms with Gasteiger partial charge < -0.3 is 10.1 Å². The van der Waals surface area contributed by atoms with Gasteiger partial charge in [-0.25, -0.2) is 0 Å². The lowest BCUT2D eigenvalue weighted by atomic mass is 10.2. The lowest BCUT2D eigenvalue weighted by Crippen LogP contribution is -2.12. The van der Waals surface area contributed by atoms with Gasteiger partial charge in [0.15, 0.2) is 5.75 Å². The fourth-order valence-corrected chi connectivity index (χ4v) is 1.74. The Morgan fingerprint density at radius 3 is 2.50 bits per heavy atom. The summed E-state index contributed by atoms with van der Waals surface area (Å²) in [5.41, 5.74) is 1.60. The molecule has 3 nitrogen and oxygen atoms in total. The van der Waals surface area contributed by atoms with Crippen molar-refractivity contribution < 1.29 is 5.11 Å². The third kappa shape index (κ3) is 1.39. The van der Waals surface area contributed by atoms with Gasteiger partial charge in [-0.3, -0.25) is 4.79 Å². The lowest BCUT2D eigenvalue weighted by Gasteiger charge is -2.04. The van der Waals surface area contributed by atoms with E-state index >= 15 is 0 Å². The number of rotatable bonds is 1. The lowest BCUT2D eigenvalue weighted by molar-refractivity contribution is 0.461. The van der Waals surface area contributed by atoms with E-state index in [2.05, 4.69) is 20.9 Å². The van der Waals surface area contributed by atoms with Gasteiger partial charge in [-0.15, -0.1) is 0 Å². The monoisotopic (exact) mass is 231 g/mol. The highest BCUT2D eigenvalue weighted by atomic mass is 79.9. The smallest absolute Gasteiger partial charge is 0.227 e. The third-order valence-electron chi connectivity index (χ3n) is 1.81. The highest BCUT2D eigenvalue weighted by molar-refractivity contribution is 9.08. The molecule has 2 N–H and O–H groups in total. The van der Waals surface area contributed by atoms with Crippen molar-refractivity contribution in [2.45, 2.75) is 19.2 Å². The standard InChI is InChI=1S/C8H10BrNO2/c1-4-6(3-9)8(12)7(11)5(2)10-4/h11H,3H2,1-2H3,(H,10,12). The molecule has 0 amide bonds. The predicted octanol–water partition coefficient (Wildman–Crippen LogP) is 1.59. The molecule has 0 saturated carbocycles. The topological polar surface area (TPSA) is 53.1 Å². The van der Waals surface area contributed by atoms with E-state index in [1.165, 1.54) is 0 Å². The summed E-state index contributed by atoms with van der Waals surface area (Å²) < 4.78 is 0. The molecule has 66 valence electrons. The summed E-state index contributed by atoms with van der Waals surface area (Å²) in [5, 5.41) is 9.74. The number of H-pyrrole nitrogens is 1. The van der Waals surface area contributed by atoms with Gasteiger partial charge in [-0.05, 0) is 13.8 Å². The molecule has 1 heterocycles. The summed E-state index contributed by atoms with van der Waals surface area (Å²) in [6, 6.07) is 0. The zero-order valence-corrected chi connectivity index (χ0v) is 8.53. The Hall–Kier alpha value is -0.770. The number of pyridine rings is 1. The molecule has 0 aliphatic heterocycles. The van der Waals surface area contributed by atoms with E-state index in [0.717, 1.165) is 5.69 Å². The maximum atomic E-state index is 11.3. The Balaban J connectivity index is 3.52. The van der Waals surface area contributed by atoms with Crippen LogP contribution in [0.4, 0.5) is 0 Å². The first-order valence-electron chi connectivity index (χ1n) is 3.55. The zero-order chi connectivity index (χ0) is 9.30. The van der Waals surface area contributed by atoms with Crippen molar-refractivity contribution in [3.63, 3.8) is 0 Å². The van der Waals surface area contributed by atoms with Crippen molar-refractivity contribution >= 4 is 15.9 Å². The van der Waals surface area contributed by atoms with Crippen LogP contribution >= 0.6 is 15.9 Å². The summed E-state index contributed by atoms with van der Waals surface area (Å²) in [5.74, 6) is -0.185. The molecule has 4 heteroatoms. The summed E-state index contributed by atoms with van der Waals surface area (Å²) in [4.78, 5) is 14.3. The zero-order valence-electron chi connectivity index (χ0n) is 6.94. The van der Waals surface area contributed by atoms with Crippen molar-refractivity contribution in [3.8, 4) is 5.75 Å². The maximum Gasteiger partial charge on any atom is 0.227 e. The van der Waals surface area contributed by atoms with Crippen molar-refractivity contribution in [1.29, 1.82) is 0 Å². The Morgan fingerprint density at radius 2 is 2.00 bits per heavy atom. The Kier molecular flexibility index (Phi) is 2.57. The first-order valence-corrected chi connectivity index (χ1v) is 4.67. The Morgan fingerprint density at radius 1 is 1.42 bits per heavy atom. The van der Waals surface area contributed by atoms with E-state index in [9.17, 15) is 9.90 Å². The third-order valence-corrected chi connectivity index (χ3v) is 2.37. The molecule has 0 aliphatic carbocycles. The van der Waals surface area contributed by atoms with Gasteiger partial charge in [0.2, 0.25) is 5.43 Å². The number of nitrogens with one attached hydrogen (secondary N) is 1. The second-order valence-corrected chi connectivity index (χ2v) is 3.23. The molecule has 0 radical (unpaired) electrons. The summed E-state index contributed by atoms with van der Waals surface area (Å²) in [6.07, 6.45) is 0. The van der Waals surface area contributed by atoms with Crippen LogP contribution in [0.15, 0.2) is 4.79 Å². The number of hydrogen-bond donors (Lipinski definition) is 2. The van der Waals surface area contributed by atoms with Crippen molar-refractivity contribution in [3.05, 3.63) is 27.2 Å². The summed E-state index contributed by atoms with van der Waals surface area (Å²) >= 11 is 3.19. The summed E-state index contributed by atoms with van der Waals surface area (Å²) in [6.45, 7) is 3.48. The quantitative estimate of drug-likeness (QED) is 0.722. The molecular formula is C8H10BrNO2. The largest absolute Gasteiger partial charge is 0.503 e. The molecule has 0 bridgehead atoms. The van der Waals surface area contributed by atoms with Crippen LogP contribution in [0.3, 0.4) is 0 Å². The molecule has 0 aromatic carbocycles. The Labute approximate surface area is 78.6 Å². The Bertz CT molecular complexity index is 357. The summed E-state index contributed by atoms with van der Waals surface area (Å²) in [7, 11) is 0. The molecule has 1 aromatic heterocycles. The molecule has 0 saturated heterocycles.